The molecule has 1 atom stereocenters. The van der Waals surface area contributed by atoms with Crippen LogP contribution in [0.25, 0.3) is 0 Å². The Morgan fingerprint density at radius 2 is 1.81 bits per heavy atom. The van der Waals surface area contributed by atoms with Gasteiger partial charge >= 0.3 is 0 Å². The summed E-state index contributed by atoms with van der Waals surface area (Å²) in [6, 6.07) is 12.0. The zero-order chi connectivity index (χ0) is 22.8. The van der Waals surface area contributed by atoms with Crippen LogP contribution in [0, 0.1) is 6.92 Å². The SMILES string of the molecule is Cc1ccc2c(c1)C(=O)N(CCCC(=O)NC(c1ccc(Cl)cc1)c1nccn1C)C2=O. The van der Waals surface area contributed by atoms with Crippen LogP contribution in [-0.4, -0.2) is 38.7 Å². The highest BCUT2D eigenvalue weighted by molar-refractivity contribution is 6.30. The minimum atomic E-state index is -0.443. The summed E-state index contributed by atoms with van der Waals surface area (Å²) in [5.74, 6) is -0.115. The van der Waals surface area contributed by atoms with E-state index in [9.17, 15) is 14.4 Å². The number of rotatable bonds is 7. The van der Waals surface area contributed by atoms with Crippen molar-refractivity contribution in [3.05, 3.63) is 88.0 Å². The lowest BCUT2D eigenvalue weighted by molar-refractivity contribution is -0.121. The van der Waals surface area contributed by atoms with Gasteiger partial charge in [-0.3, -0.25) is 19.3 Å². The summed E-state index contributed by atoms with van der Waals surface area (Å²) in [4.78, 5) is 43.5. The van der Waals surface area contributed by atoms with Crippen molar-refractivity contribution < 1.29 is 14.4 Å². The number of hydrogen-bond donors (Lipinski definition) is 1. The Balaban J connectivity index is 1.40. The van der Waals surface area contributed by atoms with Crippen molar-refractivity contribution >= 4 is 29.3 Å². The minimum Gasteiger partial charge on any atom is -0.342 e. The molecule has 0 radical (unpaired) electrons. The third-order valence-corrected chi connectivity index (χ3v) is 5.79. The van der Waals surface area contributed by atoms with Crippen molar-refractivity contribution in [1.82, 2.24) is 19.8 Å². The van der Waals surface area contributed by atoms with Crippen molar-refractivity contribution in [3.63, 3.8) is 0 Å². The number of nitrogens with zero attached hydrogens (tertiary/aromatic N) is 3. The Morgan fingerprint density at radius 1 is 1.09 bits per heavy atom. The summed E-state index contributed by atoms with van der Waals surface area (Å²) in [7, 11) is 1.86. The molecule has 0 saturated heterocycles. The number of carbonyl (C=O) groups excluding carboxylic acids is 3. The van der Waals surface area contributed by atoms with Gasteiger partial charge in [0.05, 0.1) is 11.1 Å². The molecule has 2 heterocycles. The number of nitrogens with one attached hydrogen (secondary N) is 1. The van der Waals surface area contributed by atoms with E-state index in [1.807, 2.05) is 42.9 Å². The van der Waals surface area contributed by atoms with Gasteiger partial charge in [-0.05, 0) is 43.2 Å². The van der Waals surface area contributed by atoms with Crippen LogP contribution in [0.2, 0.25) is 5.02 Å². The Hall–Kier alpha value is -3.45. The molecule has 1 unspecified atom stereocenters. The molecule has 0 bridgehead atoms. The van der Waals surface area contributed by atoms with E-state index in [0.29, 0.717) is 28.4 Å². The Morgan fingerprint density at radius 3 is 2.50 bits per heavy atom. The molecule has 1 aromatic heterocycles. The highest BCUT2D eigenvalue weighted by Crippen LogP contribution is 2.25. The van der Waals surface area contributed by atoms with E-state index in [-0.39, 0.29) is 30.7 Å². The maximum absolute atomic E-state index is 12.7. The number of amides is 3. The molecule has 32 heavy (non-hydrogen) atoms. The normalized spacial score (nSPS) is 13.9. The second-order valence-electron chi connectivity index (χ2n) is 7.86. The van der Waals surface area contributed by atoms with Crippen molar-refractivity contribution in [2.24, 2.45) is 7.05 Å². The molecule has 1 aliphatic heterocycles. The molecule has 8 heteroatoms. The van der Waals surface area contributed by atoms with Crippen LogP contribution in [-0.2, 0) is 11.8 Å². The molecule has 0 saturated carbocycles. The number of aryl methyl sites for hydroxylation is 2. The van der Waals surface area contributed by atoms with E-state index < -0.39 is 6.04 Å². The van der Waals surface area contributed by atoms with Gasteiger partial charge in [0.1, 0.15) is 11.9 Å². The average molecular weight is 451 g/mol. The topological polar surface area (TPSA) is 84.3 Å². The summed E-state index contributed by atoms with van der Waals surface area (Å²) in [5, 5.41) is 3.62. The maximum atomic E-state index is 12.7. The number of carbonyl (C=O) groups is 3. The Bertz CT molecular complexity index is 1190. The third-order valence-electron chi connectivity index (χ3n) is 5.54. The molecule has 0 spiro atoms. The number of halogens is 1. The van der Waals surface area contributed by atoms with E-state index in [0.717, 1.165) is 11.1 Å². The molecule has 1 N–H and O–H groups in total. The fourth-order valence-corrected chi connectivity index (χ4v) is 3.97. The lowest BCUT2D eigenvalue weighted by atomic mass is 10.1. The Labute approximate surface area is 191 Å². The van der Waals surface area contributed by atoms with Gasteiger partial charge in [-0.15, -0.1) is 0 Å². The number of hydrogen-bond acceptors (Lipinski definition) is 4. The molecule has 4 rings (SSSR count). The van der Waals surface area contributed by atoms with Gasteiger partial charge in [0.2, 0.25) is 5.91 Å². The number of benzene rings is 2. The van der Waals surface area contributed by atoms with Crippen molar-refractivity contribution in [3.8, 4) is 0 Å². The zero-order valence-electron chi connectivity index (χ0n) is 17.8. The van der Waals surface area contributed by atoms with Gasteiger partial charge in [-0.1, -0.05) is 35.4 Å². The van der Waals surface area contributed by atoms with Gasteiger partial charge in [-0.2, -0.15) is 0 Å². The fraction of sp³-hybridized carbons (Fsp3) is 0.250. The average Bonchev–Trinajstić information content (AvgIpc) is 3.29. The molecule has 7 nitrogen and oxygen atoms in total. The number of aromatic nitrogens is 2. The monoisotopic (exact) mass is 450 g/mol. The lowest BCUT2D eigenvalue weighted by Gasteiger charge is -2.20. The fourth-order valence-electron chi connectivity index (χ4n) is 3.85. The molecule has 0 fully saturated rings. The van der Waals surface area contributed by atoms with Gasteiger partial charge in [0.25, 0.3) is 11.8 Å². The van der Waals surface area contributed by atoms with Gasteiger partial charge in [0.15, 0.2) is 0 Å². The first-order valence-corrected chi connectivity index (χ1v) is 10.7. The van der Waals surface area contributed by atoms with Crippen LogP contribution in [0.3, 0.4) is 0 Å². The van der Waals surface area contributed by atoms with E-state index in [1.54, 1.807) is 30.5 Å². The number of fused-ring (bicyclic) bond motifs is 1. The zero-order valence-corrected chi connectivity index (χ0v) is 18.6. The van der Waals surface area contributed by atoms with Crippen LogP contribution in [0.15, 0.2) is 54.9 Å². The van der Waals surface area contributed by atoms with Crippen LogP contribution < -0.4 is 5.32 Å². The minimum absolute atomic E-state index is 0.168. The van der Waals surface area contributed by atoms with E-state index in [1.165, 1.54) is 4.90 Å². The second-order valence-corrected chi connectivity index (χ2v) is 8.30. The molecule has 2 aromatic carbocycles. The van der Waals surface area contributed by atoms with Crippen LogP contribution in [0.1, 0.15) is 56.6 Å². The van der Waals surface area contributed by atoms with Gasteiger partial charge < -0.3 is 9.88 Å². The first kappa shape index (κ1) is 21.8. The van der Waals surface area contributed by atoms with E-state index >= 15 is 0 Å². The largest absolute Gasteiger partial charge is 0.342 e. The van der Waals surface area contributed by atoms with Crippen LogP contribution >= 0.6 is 11.6 Å². The molecule has 3 aromatic rings. The number of imidazole rings is 1. The smallest absolute Gasteiger partial charge is 0.261 e. The molecule has 3 amide bonds. The summed E-state index contributed by atoms with van der Waals surface area (Å²) >= 11 is 6.01. The molecular formula is C24H23ClN4O3. The van der Waals surface area contributed by atoms with Gasteiger partial charge in [0, 0.05) is 37.4 Å². The predicted octanol–water partition coefficient (Wildman–Crippen LogP) is 3.66. The van der Waals surface area contributed by atoms with E-state index in [2.05, 4.69) is 10.3 Å². The summed E-state index contributed by atoms with van der Waals surface area (Å²) < 4.78 is 1.85. The van der Waals surface area contributed by atoms with Crippen molar-refractivity contribution in [2.45, 2.75) is 25.8 Å². The standard InChI is InChI=1S/C24H23ClN4O3/c1-15-5-10-18-19(14-15)24(32)29(23(18)31)12-3-4-20(30)27-21(22-26-11-13-28(22)2)16-6-8-17(25)9-7-16/h5-11,13-14,21H,3-4,12H2,1-2H3,(H,27,30). The summed E-state index contributed by atoms with van der Waals surface area (Å²) in [6.07, 6.45) is 4.02. The van der Waals surface area contributed by atoms with E-state index in [4.69, 9.17) is 11.6 Å². The highest BCUT2D eigenvalue weighted by atomic mass is 35.5. The van der Waals surface area contributed by atoms with Gasteiger partial charge in [-0.25, -0.2) is 4.98 Å². The van der Waals surface area contributed by atoms with Crippen molar-refractivity contribution in [1.29, 1.82) is 0 Å². The molecule has 0 aliphatic carbocycles. The Kier molecular flexibility index (Phi) is 6.10. The summed E-state index contributed by atoms with van der Waals surface area (Å²) in [5.41, 5.74) is 2.63. The second kappa shape index (κ2) is 8.96. The molecular weight excluding hydrogens is 428 g/mol. The maximum Gasteiger partial charge on any atom is 0.261 e. The van der Waals surface area contributed by atoms with Crippen molar-refractivity contribution in [2.75, 3.05) is 6.54 Å². The quantitative estimate of drug-likeness (QED) is 0.557. The van der Waals surface area contributed by atoms with Crippen LogP contribution in [0.5, 0.6) is 0 Å². The number of imide groups is 1. The molecule has 164 valence electrons. The first-order chi connectivity index (χ1) is 15.3. The first-order valence-electron chi connectivity index (χ1n) is 10.3. The predicted molar refractivity (Wildman–Crippen MR) is 120 cm³/mol. The van der Waals surface area contributed by atoms with Crippen LogP contribution in [0.4, 0.5) is 0 Å². The highest BCUT2D eigenvalue weighted by Gasteiger charge is 2.35. The molecule has 1 aliphatic rings. The lowest BCUT2D eigenvalue weighted by Crippen LogP contribution is -2.33. The third kappa shape index (κ3) is 4.29. The summed E-state index contributed by atoms with van der Waals surface area (Å²) in [6.45, 7) is 2.07.